The first-order valence-electron chi connectivity index (χ1n) is 2.99. The minimum atomic E-state index is -0.811. The van der Waals surface area contributed by atoms with Crippen molar-refractivity contribution in [1.82, 2.24) is 0 Å². The van der Waals surface area contributed by atoms with Crippen LogP contribution in [0.5, 0.6) is 0 Å². The van der Waals surface area contributed by atoms with Gasteiger partial charge in [0.1, 0.15) is 0 Å². The Bertz CT molecular complexity index is 145. The van der Waals surface area contributed by atoms with Gasteiger partial charge in [-0.1, -0.05) is 12.5 Å². The van der Waals surface area contributed by atoms with Gasteiger partial charge in [0, 0.05) is 5.57 Å². The molecule has 0 aromatic rings. The summed E-state index contributed by atoms with van der Waals surface area (Å²) in [5.74, 6) is -0.811. The number of allylic oxidation sites excluding steroid dienone is 1. The number of aliphatic carboxylic acids is 1. The van der Waals surface area contributed by atoms with Gasteiger partial charge in [0.05, 0.1) is 0 Å². The van der Waals surface area contributed by atoms with Crippen molar-refractivity contribution in [2.24, 2.45) is 0 Å². The fraction of sp³-hybridized carbons (Fsp3) is 0.571. The molecule has 0 unspecified atom stereocenters. The Labute approximate surface area is 55.2 Å². The molecular formula is C7H12O2. The highest BCUT2D eigenvalue weighted by atomic mass is 16.4. The lowest BCUT2D eigenvalue weighted by Crippen LogP contribution is -1.98. The van der Waals surface area contributed by atoms with Crippen molar-refractivity contribution in [3.63, 3.8) is 0 Å². The van der Waals surface area contributed by atoms with E-state index in [4.69, 9.17) is 5.11 Å². The van der Waals surface area contributed by atoms with Crippen LogP contribution in [0.1, 0.15) is 27.2 Å². The molecule has 0 bridgehead atoms. The summed E-state index contributed by atoms with van der Waals surface area (Å²) in [6, 6.07) is 0. The van der Waals surface area contributed by atoms with E-state index in [9.17, 15) is 4.79 Å². The maximum absolute atomic E-state index is 10.2. The van der Waals surface area contributed by atoms with Gasteiger partial charge >= 0.3 is 5.97 Å². The van der Waals surface area contributed by atoms with Gasteiger partial charge < -0.3 is 5.11 Å². The Morgan fingerprint density at radius 2 is 1.89 bits per heavy atom. The zero-order chi connectivity index (χ0) is 7.44. The maximum atomic E-state index is 10.2. The average molecular weight is 128 g/mol. The van der Waals surface area contributed by atoms with Crippen molar-refractivity contribution in [2.75, 3.05) is 0 Å². The van der Waals surface area contributed by atoms with Gasteiger partial charge in [0.2, 0.25) is 0 Å². The summed E-state index contributed by atoms with van der Waals surface area (Å²) >= 11 is 0. The van der Waals surface area contributed by atoms with E-state index >= 15 is 0 Å². The second-order valence-corrected chi connectivity index (χ2v) is 2.06. The molecule has 0 fully saturated rings. The summed E-state index contributed by atoms with van der Waals surface area (Å²) in [5.41, 5.74) is 1.42. The fourth-order valence-corrected chi connectivity index (χ4v) is 0.448. The van der Waals surface area contributed by atoms with E-state index in [1.54, 1.807) is 6.92 Å². The van der Waals surface area contributed by atoms with E-state index in [1.807, 2.05) is 13.8 Å². The molecule has 0 saturated heterocycles. The van der Waals surface area contributed by atoms with Gasteiger partial charge in [0.25, 0.3) is 0 Å². The molecule has 0 spiro atoms. The van der Waals surface area contributed by atoms with Crippen LogP contribution in [0, 0.1) is 0 Å². The number of carboxylic acid groups (broad SMARTS) is 1. The summed E-state index contributed by atoms with van der Waals surface area (Å²) in [6.45, 7) is 5.41. The second kappa shape index (κ2) is 3.28. The summed E-state index contributed by atoms with van der Waals surface area (Å²) < 4.78 is 0. The third kappa shape index (κ3) is 2.31. The maximum Gasteiger partial charge on any atom is 0.331 e. The van der Waals surface area contributed by atoms with Crippen molar-refractivity contribution in [3.8, 4) is 0 Å². The summed E-state index contributed by atoms with van der Waals surface area (Å²) in [4.78, 5) is 10.2. The molecule has 2 heteroatoms. The van der Waals surface area contributed by atoms with Crippen molar-refractivity contribution in [3.05, 3.63) is 11.1 Å². The van der Waals surface area contributed by atoms with Gasteiger partial charge in [-0.05, 0) is 20.3 Å². The minimum Gasteiger partial charge on any atom is -0.478 e. The summed E-state index contributed by atoms with van der Waals surface area (Å²) in [6.07, 6.45) is 0.818. The van der Waals surface area contributed by atoms with Crippen LogP contribution in [0.4, 0.5) is 0 Å². The minimum absolute atomic E-state index is 0.470. The lowest BCUT2D eigenvalue weighted by atomic mass is 10.1. The zero-order valence-electron chi connectivity index (χ0n) is 6.06. The molecule has 0 heterocycles. The molecule has 0 rings (SSSR count). The van der Waals surface area contributed by atoms with E-state index < -0.39 is 5.97 Å². The number of rotatable bonds is 2. The van der Waals surface area contributed by atoms with Gasteiger partial charge in [-0.3, -0.25) is 0 Å². The molecule has 0 radical (unpaired) electrons. The summed E-state index contributed by atoms with van der Waals surface area (Å²) in [7, 11) is 0. The van der Waals surface area contributed by atoms with Gasteiger partial charge in [-0.25, -0.2) is 4.79 Å². The third-order valence-electron chi connectivity index (χ3n) is 1.49. The Morgan fingerprint density at radius 1 is 1.44 bits per heavy atom. The summed E-state index contributed by atoms with van der Waals surface area (Å²) in [5, 5.41) is 8.43. The van der Waals surface area contributed by atoms with Crippen molar-refractivity contribution < 1.29 is 9.90 Å². The van der Waals surface area contributed by atoms with Crippen molar-refractivity contribution >= 4 is 5.97 Å². The highest BCUT2D eigenvalue weighted by Gasteiger charge is 2.01. The van der Waals surface area contributed by atoms with Crippen LogP contribution in [0.25, 0.3) is 0 Å². The smallest absolute Gasteiger partial charge is 0.331 e. The largest absolute Gasteiger partial charge is 0.478 e. The van der Waals surface area contributed by atoms with E-state index in [1.165, 1.54) is 0 Å². The number of carbonyl (C=O) groups is 1. The van der Waals surface area contributed by atoms with Crippen LogP contribution < -0.4 is 0 Å². The lowest BCUT2D eigenvalue weighted by Gasteiger charge is -1.97. The van der Waals surface area contributed by atoms with E-state index in [2.05, 4.69) is 0 Å². The SMILES string of the molecule is CCC(C)=C(C)C(=O)O. The Kier molecular flexibility index (Phi) is 2.99. The van der Waals surface area contributed by atoms with Crippen LogP contribution >= 0.6 is 0 Å². The first kappa shape index (κ1) is 8.21. The molecule has 0 atom stereocenters. The van der Waals surface area contributed by atoms with Crippen molar-refractivity contribution in [2.45, 2.75) is 27.2 Å². The van der Waals surface area contributed by atoms with Crippen LogP contribution in [0.15, 0.2) is 11.1 Å². The fourth-order valence-electron chi connectivity index (χ4n) is 0.448. The Morgan fingerprint density at radius 3 is 2.00 bits per heavy atom. The van der Waals surface area contributed by atoms with Crippen LogP contribution in [0.3, 0.4) is 0 Å². The van der Waals surface area contributed by atoms with Gasteiger partial charge in [-0.15, -0.1) is 0 Å². The van der Waals surface area contributed by atoms with Crippen molar-refractivity contribution in [1.29, 1.82) is 0 Å². The molecule has 2 nitrogen and oxygen atoms in total. The standard InChI is InChI=1S/C7H12O2/c1-4-5(2)6(3)7(8)9/h4H2,1-3H3,(H,8,9). The van der Waals surface area contributed by atoms with Gasteiger partial charge in [0.15, 0.2) is 0 Å². The van der Waals surface area contributed by atoms with E-state index in [0.717, 1.165) is 12.0 Å². The van der Waals surface area contributed by atoms with Crippen LogP contribution in [-0.2, 0) is 4.79 Å². The quantitative estimate of drug-likeness (QED) is 0.576. The topological polar surface area (TPSA) is 37.3 Å². The Hall–Kier alpha value is -0.790. The molecule has 0 aromatic heterocycles. The highest BCUT2D eigenvalue weighted by Crippen LogP contribution is 2.05. The normalized spacial score (nSPS) is 12.8. The molecule has 0 aliphatic rings. The average Bonchev–Trinajstić information content (AvgIpc) is 1.84. The number of hydrogen-bond acceptors (Lipinski definition) is 1. The monoisotopic (exact) mass is 128 g/mol. The van der Waals surface area contributed by atoms with Crippen LogP contribution in [0.2, 0.25) is 0 Å². The Balaban J connectivity index is 4.28. The first-order valence-corrected chi connectivity index (χ1v) is 2.99. The lowest BCUT2D eigenvalue weighted by molar-refractivity contribution is -0.132. The predicted molar refractivity (Wildman–Crippen MR) is 36.3 cm³/mol. The number of carboxylic acids is 1. The van der Waals surface area contributed by atoms with Crippen LogP contribution in [-0.4, -0.2) is 11.1 Å². The number of hydrogen-bond donors (Lipinski definition) is 1. The molecule has 1 N–H and O–H groups in total. The molecule has 0 aliphatic heterocycles. The molecule has 0 aliphatic carbocycles. The molecule has 52 valence electrons. The van der Waals surface area contributed by atoms with E-state index in [0.29, 0.717) is 5.57 Å². The first-order chi connectivity index (χ1) is 4.09. The molecule has 0 amide bonds. The van der Waals surface area contributed by atoms with Gasteiger partial charge in [-0.2, -0.15) is 0 Å². The highest BCUT2D eigenvalue weighted by molar-refractivity contribution is 5.86. The molecule has 0 saturated carbocycles. The predicted octanol–water partition coefficient (Wildman–Crippen LogP) is 1.82. The third-order valence-corrected chi connectivity index (χ3v) is 1.49. The second-order valence-electron chi connectivity index (χ2n) is 2.06. The molecular weight excluding hydrogens is 116 g/mol. The molecule has 9 heavy (non-hydrogen) atoms. The zero-order valence-corrected chi connectivity index (χ0v) is 6.06. The van der Waals surface area contributed by atoms with E-state index in [-0.39, 0.29) is 0 Å². The molecule has 0 aromatic carbocycles.